The van der Waals surface area contributed by atoms with Gasteiger partial charge in [-0.15, -0.1) is 0 Å². The Kier molecular flexibility index (Phi) is 10.2. The summed E-state index contributed by atoms with van der Waals surface area (Å²) in [5.74, 6) is 0.729. The molecule has 0 fully saturated rings. The molecule has 1 unspecified atom stereocenters. The fourth-order valence-electron chi connectivity index (χ4n) is 3.81. The number of ether oxygens (including phenoxy) is 2. The minimum Gasteiger partial charge on any atom is -0.508 e. The Morgan fingerprint density at radius 3 is 2.29 bits per heavy atom. The molecule has 2 aromatic carbocycles. The first kappa shape index (κ1) is 27.9. The van der Waals surface area contributed by atoms with Crippen LogP contribution in [-0.4, -0.2) is 36.6 Å². The maximum absolute atomic E-state index is 13.3. The highest BCUT2D eigenvalue weighted by atomic mass is 31.2. The molecule has 34 heavy (non-hydrogen) atoms. The van der Waals surface area contributed by atoms with Crippen molar-refractivity contribution in [1.29, 1.82) is 0 Å². The van der Waals surface area contributed by atoms with Crippen molar-refractivity contribution in [1.82, 2.24) is 10.2 Å². The molecule has 0 saturated heterocycles. The Hall–Kier alpha value is -2.34. The topological polar surface area (TPSA) is 96.9 Å². The van der Waals surface area contributed by atoms with Crippen molar-refractivity contribution >= 4 is 13.4 Å². The molecule has 0 aromatic heterocycles. The molecule has 8 heteroatoms. The van der Waals surface area contributed by atoms with E-state index >= 15 is 0 Å². The van der Waals surface area contributed by atoms with Gasteiger partial charge in [0.05, 0.1) is 6.61 Å². The highest BCUT2D eigenvalue weighted by molar-refractivity contribution is 7.59. The molecule has 0 heterocycles. The number of benzene rings is 2. The van der Waals surface area contributed by atoms with Gasteiger partial charge in [-0.05, 0) is 93.0 Å². The number of esters is 1. The van der Waals surface area contributed by atoms with Crippen LogP contribution in [0.15, 0.2) is 30.3 Å². The van der Waals surface area contributed by atoms with Crippen LogP contribution in [0.1, 0.15) is 68.4 Å². The maximum atomic E-state index is 13.3. The first-order valence-corrected chi connectivity index (χ1v) is 13.7. The molecule has 3 N–H and O–H groups in total. The highest BCUT2D eigenvalue weighted by Crippen LogP contribution is 2.37. The summed E-state index contributed by atoms with van der Waals surface area (Å²) >= 11 is 0. The zero-order chi connectivity index (χ0) is 25.5. The summed E-state index contributed by atoms with van der Waals surface area (Å²) in [6.07, 6.45) is 0.644. The van der Waals surface area contributed by atoms with E-state index < -0.39 is 13.4 Å². The highest BCUT2D eigenvalue weighted by Gasteiger charge is 2.25. The Bertz CT molecular complexity index is 1010. The Morgan fingerprint density at radius 2 is 1.74 bits per heavy atom. The largest absolute Gasteiger partial charge is 0.508 e. The third-order valence-electron chi connectivity index (χ3n) is 5.43. The van der Waals surface area contributed by atoms with Gasteiger partial charge in [0, 0.05) is 6.04 Å². The molecule has 1 atom stereocenters. The number of carbonyl (C=O) groups is 1. The summed E-state index contributed by atoms with van der Waals surface area (Å²) < 4.78 is 24.2. The average Bonchev–Trinajstić information content (AvgIpc) is 2.74. The van der Waals surface area contributed by atoms with Gasteiger partial charge in [-0.1, -0.05) is 26.0 Å². The zero-order valence-electron chi connectivity index (χ0n) is 21.4. The van der Waals surface area contributed by atoms with Crippen molar-refractivity contribution in [2.24, 2.45) is 0 Å². The molecule has 0 radical (unpaired) electrons. The van der Waals surface area contributed by atoms with Crippen molar-refractivity contribution < 1.29 is 23.9 Å². The van der Waals surface area contributed by atoms with Gasteiger partial charge >= 0.3 is 5.97 Å². The van der Waals surface area contributed by atoms with Gasteiger partial charge < -0.3 is 14.6 Å². The van der Waals surface area contributed by atoms with Crippen molar-refractivity contribution in [2.45, 2.75) is 66.8 Å². The van der Waals surface area contributed by atoms with Crippen molar-refractivity contribution in [3.8, 4) is 11.5 Å². The predicted octanol–water partition coefficient (Wildman–Crippen LogP) is 5.40. The lowest BCUT2D eigenvalue weighted by Crippen LogP contribution is -2.34. The van der Waals surface area contributed by atoms with Crippen molar-refractivity contribution in [3.05, 3.63) is 58.1 Å². The number of carbonyl (C=O) groups excluding carboxylic acids is 1. The molecule has 0 aliphatic carbocycles. The first-order valence-electron chi connectivity index (χ1n) is 11.8. The summed E-state index contributed by atoms with van der Waals surface area (Å²) in [6, 6.07) is 9.60. The molecule has 188 valence electrons. The van der Waals surface area contributed by atoms with Gasteiger partial charge in [0.2, 0.25) is 7.44 Å². The second-order valence-electron chi connectivity index (χ2n) is 9.20. The molecule has 0 saturated carbocycles. The van der Waals surface area contributed by atoms with Crippen LogP contribution in [0, 0.1) is 13.8 Å². The van der Waals surface area contributed by atoms with E-state index in [1.807, 2.05) is 45.9 Å². The lowest BCUT2D eigenvalue weighted by Gasteiger charge is -2.23. The fourth-order valence-corrected chi connectivity index (χ4v) is 5.62. The van der Waals surface area contributed by atoms with Crippen LogP contribution in [0.4, 0.5) is 0 Å². The molecule has 2 aromatic rings. The van der Waals surface area contributed by atoms with E-state index in [1.165, 1.54) is 5.56 Å². The van der Waals surface area contributed by atoms with Gasteiger partial charge in [0.1, 0.15) is 18.0 Å². The summed E-state index contributed by atoms with van der Waals surface area (Å²) in [5, 5.41) is 15.9. The Labute approximate surface area is 203 Å². The first-order chi connectivity index (χ1) is 15.9. The number of rotatable bonds is 12. The van der Waals surface area contributed by atoms with Crippen LogP contribution in [0.3, 0.4) is 0 Å². The third-order valence-corrected chi connectivity index (χ3v) is 7.52. The van der Waals surface area contributed by atoms with Crippen LogP contribution >= 0.6 is 7.44 Å². The van der Waals surface area contributed by atoms with E-state index in [9.17, 15) is 14.5 Å². The van der Waals surface area contributed by atoms with E-state index in [0.29, 0.717) is 11.5 Å². The molecule has 0 bridgehead atoms. The fraction of sp³-hybridized carbons (Fsp3) is 0.500. The van der Waals surface area contributed by atoms with Crippen LogP contribution in [0.25, 0.3) is 0 Å². The standard InChI is InChI=1S/C26H39N2O5P/c1-8-32-26(30)15-27-34(31,28-18(4)5)16-33-22-11-19(6)24(20(7)12-22)14-21-9-10-25(29)23(13-21)17(2)3/h9-13,17-18,29H,8,14-16H2,1-7H3,(H2,27,28,31). The summed E-state index contributed by atoms with van der Waals surface area (Å²) in [7, 11) is -3.18. The number of nitrogens with one attached hydrogen (secondary N) is 2. The number of aryl methyl sites for hydroxylation is 2. The van der Waals surface area contributed by atoms with Gasteiger partial charge in [-0.3, -0.25) is 9.36 Å². The van der Waals surface area contributed by atoms with Crippen molar-refractivity contribution in [3.63, 3.8) is 0 Å². The van der Waals surface area contributed by atoms with E-state index in [-0.39, 0.29) is 31.5 Å². The Morgan fingerprint density at radius 1 is 1.09 bits per heavy atom. The number of hydrogen-bond acceptors (Lipinski definition) is 5. The van der Waals surface area contributed by atoms with Gasteiger partial charge in [-0.2, -0.15) is 0 Å². The monoisotopic (exact) mass is 490 g/mol. The smallest absolute Gasteiger partial charge is 0.320 e. The Balaban J connectivity index is 2.16. The van der Waals surface area contributed by atoms with Crippen molar-refractivity contribution in [2.75, 3.05) is 19.5 Å². The third kappa shape index (κ3) is 8.15. The number of phenolic OH excluding ortho intramolecular Hbond substituents is 1. The number of hydrogen-bond donors (Lipinski definition) is 3. The molecular formula is C26H39N2O5P. The molecule has 0 aliphatic heterocycles. The molecular weight excluding hydrogens is 451 g/mol. The lowest BCUT2D eigenvalue weighted by molar-refractivity contribution is -0.141. The second kappa shape index (κ2) is 12.4. The molecule has 0 aliphatic rings. The van der Waals surface area contributed by atoms with E-state index in [1.54, 1.807) is 13.0 Å². The molecule has 2 rings (SSSR count). The molecule has 0 amide bonds. The molecule has 0 spiro atoms. The van der Waals surface area contributed by atoms with E-state index in [4.69, 9.17) is 9.47 Å². The SMILES string of the molecule is CCOC(=O)CNP(=O)(COc1cc(C)c(Cc2ccc(O)c(C(C)C)c2)c(C)c1)NC(C)C. The maximum Gasteiger partial charge on any atom is 0.320 e. The van der Waals surface area contributed by atoms with Crippen LogP contribution in [0.5, 0.6) is 11.5 Å². The average molecular weight is 491 g/mol. The molecule has 7 nitrogen and oxygen atoms in total. The predicted molar refractivity (Wildman–Crippen MR) is 137 cm³/mol. The van der Waals surface area contributed by atoms with Gasteiger partial charge in [0.25, 0.3) is 0 Å². The van der Waals surface area contributed by atoms with E-state index in [2.05, 4.69) is 30.1 Å². The van der Waals surface area contributed by atoms with Crippen LogP contribution in [-0.2, 0) is 20.5 Å². The van der Waals surface area contributed by atoms with Gasteiger partial charge in [0.15, 0.2) is 6.35 Å². The summed E-state index contributed by atoms with van der Waals surface area (Å²) in [6.45, 7) is 13.8. The van der Waals surface area contributed by atoms with E-state index in [0.717, 1.165) is 28.7 Å². The van der Waals surface area contributed by atoms with Gasteiger partial charge in [-0.25, -0.2) is 10.2 Å². The normalized spacial score (nSPS) is 13.2. The number of aromatic hydroxyl groups is 1. The lowest BCUT2D eigenvalue weighted by atomic mass is 9.93. The minimum absolute atomic E-state index is 0.0592. The van der Waals surface area contributed by atoms with Crippen LogP contribution in [0.2, 0.25) is 0 Å². The summed E-state index contributed by atoms with van der Waals surface area (Å²) in [5.41, 5.74) is 5.41. The second-order valence-corrected chi connectivity index (χ2v) is 11.5. The zero-order valence-corrected chi connectivity index (χ0v) is 22.3. The quantitative estimate of drug-likeness (QED) is 0.271. The number of phenols is 1. The minimum atomic E-state index is -3.18. The summed E-state index contributed by atoms with van der Waals surface area (Å²) in [4.78, 5) is 11.7. The van der Waals surface area contributed by atoms with Crippen LogP contribution < -0.4 is 14.9 Å².